The second-order valence-corrected chi connectivity index (χ2v) is 8.56. The maximum atomic E-state index is 12.9. The molecule has 0 saturated heterocycles. The van der Waals surface area contributed by atoms with Crippen LogP contribution < -0.4 is 5.32 Å². The molecule has 0 radical (unpaired) electrons. The second kappa shape index (κ2) is 9.52. The molecule has 0 unspecified atom stereocenters. The smallest absolute Gasteiger partial charge is 0.273 e. The van der Waals surface area contributed by atoms with Gasteiger partial charge in [-0.25, -0.2) is 4.98 Å². The minimum absolute atomic E-state index is 0.0959. The standard InChI is InChI=1S/C19H17Cl2N3O2S2/c1-2-7-24(10-17(25)22-14-9-12(20)5-6-13(14)21)19(26)15-11-28-18(23-15)16-4-3-8-27-16/h3-6,8-9,11H,2,7,10H2,1H3,(H,22,25). The molecule has 5 nitrogen and oxygen atoms in total. The molecule has 2 aromatic heterocycles. The summed E-state index contributed by atoms with van der Waals surface area (Å²) in [5.74, 6) is -0.618. The highest BCUT2D eigenvalue weighted by molar-refractivity contribution is 7.20. The maximum Gasteiger partial charge on any atom is 0.273 e. The van der Waals surface area contributed by atoms with E-state index < -0.39 is 0 Å². The third-order valence-corrected chi connectivity index (χ3v) is 6.22. The van der Waals surface area contributed by atoms with Gasteiger partial charge in [-0.1, -0.05) is 36.2 Å². The van der Waals surface area contributed by atoms with Crippen molar-refractivity contribution in [3.05, 3.63) is 56.8 Å². The molecule has 0 aliphatic carbocycles. The van der Waals surface area contributed by atoms with Crippen LogP contribution in [-0.4, -0.2) is 34.8 Å². The summed E-state index contributed by atoms with van der Waals surface area (Å²) in [6.45, 7) is 2.30. The molecule has 0 saturated carbocycles. The number of rotatable bonds is 7. The topological polar surface area (TPSA) is 62.3 Å². The zero-order valence-corrected chi connectivity index (χ0v) is 18.1. The highest BCUT2D eigenvalue weighted by Crippen LogP contribution is 2.28. The van der Waals surface area contributed by atoms with Gasteiger partial charge in [-0.05, 0) is 36.1 Å². The second-order valence-electron chi connectivity index (χ2n) is 5.91. The average molecular weight is 454 g/mol. The van der Waals surface area contributed by atoms with Gasteiger partial charge in [-0.2, -0.15) is 0 Å². The number of nitrogens with one attached hydrogen (secondary N) is 1. The van der Waals surface area contributed by atoms with Crippen LogP contribution >= 0.6 is 45.9 Å². The maximum absolute atomic E-state index is 12.9. The van der Waals surface area contributed by atoms with Gasteiger partial charge in [-0.15, -0.1) is 22.7 Å². The molecule has 1 N–H and O–H groups in total. The van der Waals surface area contributed by atoms with E-state index in [1.165, 1.54) is 16.2 Å². The Hall–Kier alpha value is -1.93. The summed E-state index contributed by atoms with van der Waals surface area (Å²) in [5.41, 5.74) is 0.757. The zero-order valence-electron chi connectivity index (χ0n) is 14.9. The van der Waals surface area contributed by atoms with Crippen LogP contribution in [0.1, 0.15) is 23.8 Å². The molecule has 0 aliphatic heterocycles. The van der Waals surface area contributed by atoms with Crippen molar-refractivity contribution in [2.24, 2.45) is 0 Å². The summed E-state index contributed by atoms with van der Waals surface area (Å²) in [5, 5.41) is 8.04. The minimum atomic E-state index is -0.348. The average Bonchev–Trinajstić information content (AvgIpc) is 3.35. The third-order valence-electron chi connectivity index (χ3n) is 3.77. The minimum Gasteiger partial charge on any atom is -0.328 e. The Morgan fingerprint density at radius 3 is 2.75 bits per heavy atom. The number of aromatic nitrogens is 1. The Kier molecular flexibility index (Phi) is 7.07. The van der Waals surface area contributed by atoms with E-state index in [0.717, 1.165) is 16.3 Å². The molecule has 28 heavy (non-hydrogen) atoms. The quantitative estimate of drug-likeness (QED) is 0.501. The number of thiazole rings is 1. The van der Waals surface area contributed by atoms with Crippen molar-refractivity contribution in [2.45, 2.75) is 13.3 Å². The van der Waals surface area contributed by atoms with E-state index in [-0.39, 0.29) is 18.4 Å². The van der Waals surface area contributed by atoms with Crippen molar-refractivity contribution in [3.8, 4) is 9.88 Å². The molecule has 2 amide bonds. The summed E-state index contributed by atoms with van der Waals surface area (Å²) in [4.78, 5) is 32.3. The van der Waals surface area contributed by atoms with E-state index >= 15 is 0 Å². The lowest BCUT2D eigenvalue weighted by Crippen LogP contribution is -2.38. The van der Waals surface area contributed by atoms with Gasteiger partial charge in [0.15, 0.2) is 0 Å². The summed E-state index contributed by atoms with van der Waals surface area (Å²) in [6, 6.07) is 8.72. The van der Waals surface area contributed by atoms with Crippen LogP contribution in [0.25, 0.3) is 9.88 Å². The number of thiophene rings is 1. The zero-order chi connectivity index (χ0) is 20.1. The molecular weight excluding hydrogens is 437 g/mol. The monoisotopic (exact) mass is 453 g/mol. The molecule has 1 aromatic carbocycles. The molecule has 0 bridgehead atoms. The Balaban J connectivity index is 1.71. The number of hydrogen-bond donors (Lipinski definition) is 1. The van der Waals surface area contributed by atoms with E-state index in [1.54, 1.807) is 34.9 Å². The van der Waals surface area contributed by atoms with Crippen molar-refractivity contribution in [1.82, 2.24) is 9.88 Å². The molecule has 0 fully saturated rings. The van der Waals surface area contributed by atoms with Crippen LogP contribution in [-0.2, 0) is 4.79 Å². The molecule has 3 aromatic rings. The van der Waals surface area contributed by atoms with Gasteiger partial charge in [0.2, 0.25) is 5.91 Å². The Morgan fingerprint density at radius 1 is 1.21 bits per heavy atom. The molecule has 3 rings (SSSR count). The number of nitrogens with zero attached hydrogens (tertiary/aromatic N) is 2. The number of hydrogen-bond acceptors (Lipinski definition) is 5. The SMILES string of the molecule is CCCN(CC(=O)Nc1cc(Cl)ccc1Cl)C(=O)c1csc(-c2cccs2)n1. The molecular formula is C19H17Cl2N3O2S2. The van der Waals surface area contributed by atoms with E-state index in [1.807, 2.05) is 24.4 Å². The first-order valence-corrected chi connectivity index (χ1v) is 11.0. The highest BCUT2D eigenvalue weighted by atomic mass is 35.5. The molecule has 146 valence electrons. The van der Waals surface area contributed by atoms with Crippen molar-refractivity contribution >= 4 is 63.4 Å². The summed E-state index contributed by atoms with van der Waals surface area (Å²) < 4.78 is 0. The van der Waals surface area contributed by atoms with Crippen molar-refractivity contribution < 1.29 is 9.59 Å². The molecule has 2 heterocycles. The molecule has 9 heteroatoms. The summed E-state index contributed by atoms with van der Waals surface area (Å²) in [6.07, 6.45) is 0.721. The van der Waals surface area contributed by atoms with Gasteiger partial charge >= 0.3 is 0 Å². The first-order valence-electron chi connectivity index (χ1n) is 8.51. The number of carbonyl (C=O) groups excluding carboxylic acids is 2. The number of benzene rings is 1. The van der Waals surface area contributed by atoms with Crippen LogP contribution in [0.3, 0.4) is 0 Å². The van der Waals surface area contributed by atoms with E-state index in [9.17, 15) is 9.59 Å². The van der Waals surface area contributed by atoms with Crippen LogP contribution in [0.2, 0.25) is 10.0 Å². The van der Waals surface area contributed by atoms with Crippen molar-refractivity contribution in [1.29, 1.82) is 0 Å². The Morgan fingerprint density at radius 2 is 2.04 bits per heavy atom. The van der Waals surface area contributed by atoms with Crippen LogP contribution in [0.5, 0.6) is 0 Å². The predicted octanol–water partition coefficient (Wildman–Crippen LogP) is 5.67. The largest absolute Gasteiger partial charge is 0.328 e. The van der Waals surface area contributed by atoms with Gasteiger partial charge in [0.05, 0.1) is 15.6 Å². The third kappa shape index (κ3) is 5.11. The van der Waals surface area contributed by atoms with Crippen LogP contribution in [0.15, 0.2) is 41.1 Å². The summed E-state index contributed by atoms with van der Waals surface area (Å²) in [7, 11) is 0. The van der Waals surface area contributed by atoms with Gasteiger partial charge in [0, 0.05) is 16.9 Å². The predicted molar refractivity (Wildman–Crippen MR) is 117 cm³/mol. The number of halogens is 2. The van der Waals surface area contributed by atoms with E-state index in [2.05, 4.69) is 10.3 Å². The lowest BCUT2D eigenvalue weighted by atomic mass is 10.3. The molecule has 0 spiro atoms. The Bertz CT molecular complexity index is 973. The first kappa shape index (κ1) is 20.8. The van der Waals surface area contributed by atoms with Gasteiger partial charge in [0.1, 0.15) is 17.2 Å². The number of anilines is 1. The summed E-state index contributed by atoms with van der Waals surface area (Å²) >= 11 is 15.0. The highest BCUT2D eigenvalue weighted by Gasteiger charge is 2.21. The molecule has 0 atom stereocenters. The normalized spacial score (nSPS) is 10.7. The first-order chi connectivity index (χ1) is 13.5. The van der Waals surface area contributed by atoms with Crippen molar-refractivity contribution in [3.63, 3.8) is 0 Å². The molecule has 0 aliphatic rings. The Labute approximate surface area is 180 Å². The fourth-order valence-corrected chi connectivity index (χ4v) is 4.47. The van der Waals surface area contributed by atoms with Crippen molar-refractivity contribution in [2.75, 3.05) is 18.4 Å². The van der Waals surface area contributed by atoms with Gasteiger partial charge < -0.3 is 10.2 Å². The lowest BCUT2D eigenvalue weighted by Gasteiger charge is -2.20. The van der Waals surface area contributed by atoms with Crippen LogP contribution in [0.4, 0.5) is 5.69 Å². The number of carbonyl (C=O) groups is 2. The van der Waals surface area contributed by atoms with E-state index in [0.29, 0.717) is 28.0 Å². The fraction of sp³-hybridized carbons (Fsp3) is 0.211. The number of amides is 2. The lowest BCUT2D eigenvalue weighted by molar-refractivity contribution is -0.116. The van der Waals surface area contributed by atoms with Gasteiger partial charge in [0.25, 0.3) is 5.91 Å². The van der Waals surface area contributed by atoms with E-state index in [4.69, 9.17) is 23.2 Å². The van der Waals surface area contributed by atoms with Crippen LogP contribution in [0, 0.1) is 0 Å². The van der Waals surface area contributed by atoms with Gasteiger partial charge in [-0.3, -0.25) is 9.59 Å². The fourth-order valence-electron chi connectivity index (χ4n) is 2.53.